The number of nitrogens with zero attached hydrogens (tertiary/aromatic N) is 3. The second-order valence-corrected chi connectivity index (χ2v) is 7.29. The van der Waals surface area contributed by atoms with Crippen molar-refractivity contribution in [2.24, 2.45) is 5.16 Å². The lowest BCUT2D eigenvalue weighted by atomic mass is 9.90. The van der Waals surface area contributed by atoms with Gasteiger partial charge in [0.25, 0.3) is 0 Å². The Labute approximate surface area is 163 Å². The molecule has 27 heavy (non-hydrogen) atoms. The summed E-state index contributed by atoms with van der Waals surface area (Å²) in [4.78, 5) is 10.1. The number of ether oxygens (including phenoxy) is 1. The highest BCUT2D eigenvalue weighted by Crippen LogP contribution is 2.34. The third kappa shape index (κ3) is 3.98. The van der Waals surface area contributed by atoms with Gasteiger partial charge < -0.3 is 14.1 Å². The van der Waals surface area contributed by atoms with Crippen molar-refractivity contribution in [2.75, 3.05) is 6.61 Å². The molecule has 0 amide bonds. The normalized spacial score (nSPS) is 22.0. The zero-order valence-electron chi connectivity index (χ0n) is 15.0. The van der Waals surface area contributed by atoms with Crippen LogP contribution in [0.4, 0.5) is 0 Å². The summed E-state index contributed by atoms with van der Waals surface area (Å²) in [6.45, 7) is 2.42. The molecule has 4 rings (SSSR count). The molecule has 0 aliphatic carbocycles. The van der Waals surface area contributed by atoms with Crippen LogP contribution in [0.5, 0.6) is 5.75 Å². The molecule has 0 N–H and O–H groups in total. The lowest BCUT2D eigenvalue weighted by molar-refractivity contribution is -0.0781. The van der Waals surface area contributed by atoms with Crippen molar-refractivity contribution in [3.8, 4) is 5.75 Å². The maximum atomic E-state index is 6.03. The molecule has 2 unspecified atom stereocenters. The van der Waals surface area contributed by atoms with Gasteiger partial charge in [-0.05, 0) is 31.2 Å². The number of rotatable bonds is 5. The molecule has 0 saturated carbocycles. The number of imidazole rings is 1. The van der Waals surface area contributed by atoms with Gasteiger partial charge in [-0.15, -0.1) is 0 Å². The second kappa shape index (κ2) is 7.45. The fourth-order valence-corrected chi connectivity index (χ4v) is 3.29. The van der Waals surface area contributed by atoms with E-state index in [1.807, 2.05) is 67.7 Å². The van der Waals surface area contributed by atoms with Crippen molar-refractivity contribution in [1.29, 1.82) is 0 Å². The van der Waals surface area contributed by atoms with Crippen LogP contribution in [0.2, 0.25) is 5.02 Å². The molecule has 2 atom stereocenters. The minimum absolute atomic E-state index is 0.00759. The monoisotopic (exact) mass is 381 g/mol. The van der Waals surface area contributed by atoms with E-state index in [9.17, 15) is 0 Å². The molecule has 1 aliphatic heterocycles. The molecule has 1 aliphatic rings. The second-order valence-electron chi connectivity index (χ2n) is 6.86. The Balaban J connectivity index is 1.60. The lowest BCUT2D eigenvalue weighted by Crippen LogP contribution is -2.42. The molecule has 138 valence electrons. The number of hydrogen-bond acceptors (Lipinski definition) is 4. The Morgan fingerprint density at radius 1 is 1.19 bits per heavy atom. The van der Waals surface area contributed by atoms with Gasteiger partial charge in [-0.2, -0.15) is 0 Å². The Morgan fingerprint density at radius 3 is 2.67 bits per heavy atom. The summed E-state index contributed by atoms with van der Waals surface area (Å²) in [6, 6.07) is 17.3. The molecule has 0 fully saturated rings. The Bertz CT molecular complexity index is 910. The maximum Gasteiger partial charge on any atom is 0.171 e. The predicted molar refractivity (Wildman–Crippen MR) is 105 cm³/mol. The molecule has 0 saturated heterocycles. The van der Waals surface area contributed by atoms with Gasteiger partial charge in [0, 0.05) is 29.4 Å². The fourth-order valence-electron chi connectivity index (χ4n) is 3.17. The zero-order chi connectivity index (χ0) is 18.7. The van der Waals surface area contributed by atoms with Crippen LogP contribution in [0, 0.1) is 0 Å². The Kier molecular flexibility index (Phi) is 4.86. The van der Waals surface area contributed by atoms with Crippen LogP contribution in [0.15, 0.2) is 78.5 Å². The minimum atomic E-state index is -0.555. The van der Waals surface area contributed by atoms with Gasteiger partial charge in [0.2, 0.25) is 0 Å². The van der Waals surface area contributed by atoms with Gasteiger partial charge in [0.1, 0.15) is 18.1 Å². The van der Waals surface area contributed by atoms with E-state index in [0.717, 1.165) is 17.0 Å². The fraction of sp³-hybridized carbons (Fsp3) is 0.238. The quantitative estimate of drug-likeness (QED) is 0.641. The van der Waals surface area contributed by atoms with Crippen molar-refractivity contribution in [3.05, 3.63) is 83.9 Å². The Morgan fingerprint density at radius 2 is 1.96 bits per heavy atom. The van der Waals surface area contributed by atoms with Gasteiger partial charge >= 0.3 is 0 Å². The molecule has 0 radical (unpaired) electrons. The molecule has 2 heterocycles. The van der Waals surface area contributed by atoms with Crippen LogP contribution >= 0.6 is 11.6 Å². The van der Waals surface area contributed by atoms with Crippen LogP contribution < -0.4 is 4.74 Å². The van der Waals surface area contributed by atoms with Crippen LogP contribution in [0.3, 0.4) is 0 Å². The summed E-state index contributed by atoms with van der Waals surface area (Å²) in [7, 11) is 0. The smallest absolute Gasteiger partial charge is 0.171 e. The first-order valence-corrected chi connectivity index (χ1v) is 9.18. The minimum Gasteiger partial charge on any atom is -0.489 e. The van der Waals surface area contributed by atoms with Crippen LogP contribution in [-0.2, 0) is 4.84 Å². The van der Waals surface area contributed by atoms with E-state index in [4.69, 9.17) is 21.2 Å². The standard InChI is InChI=1S/C21H20ClN3O2/c1-21(14-26-18-5-3-2-4-6-18)13-19(25-12-11-23-15-25)20(24-27-21)16-7-9-17(22)10-8-16/h2-12,15,19H,13-14H2,1H3. The molecule has 3 aromatic rings. The average Bonchev–Trinajstić information content (AvgIpc) is 3.23. The molecule has 2 aromatic carbocycles. The van der Waals surface area contributed by atoms with E-state index >= 15 is 0 Å². The largest absolute Gasteiger partial charge is 0.489 e. The van der Waals surface area contributed by atoms with E-state index < -0.39 is 5.60 Å². The molecule has 6 heteroatoms. The molecule has 1 aromatic heterocycles. The first-order chi connectivity index (χ1) is 13.1. The number of halogens is 1. The van der Waals surface area contributed by atoms with E-state index in [-0.39, 0.29) is 6.04 Å². The molecule has 0 spiro atoms. The number of hydrogen-bond donors (Lipinski definition) is 0. The highest BCUT2D eigenvalue weighted by molar-refractivity contribution is 6.30. The number of oxime groups is 1. The Hall–Kier alpha value is -2.79. The summed E-state index contributed by atoms with van der Waals surface area (Å²) in [6.07, 6.45) is 6.23. The van der Waals surface area contributed by atoms with Crippen molar-refractivity contribution >= 4 is 17.3 Å². The predicted octanol–water partition coefficient (Wildman–Crippen LogP) is 4.74. The van der Waals surface area contributed by atoms with Gasteiger partial charge in [0.15, 0.2) is 5.60 Å². The first kappa shape index (κ1) is 17.6. The summed E-state index contributed by atoms with van der Waals surface area (Å²) < 4.78 is 7.99. The van der Waals surface area contributed by atoms with Crippen molar-refractivity contribution in [3.63, 3.8) is 0 Å². The topological polar surface area (TPSA) is 48.6 Å². The summed E-state index contributed by atoms with van der Waals surface area (Å²) in [5.74, 6) is 0.814. The van der Waals surface area contributed by atoms with Gasteiger partial charge in [-0.25, -0.2) is 4.98 Å². The first-order valence-electron chi connectivity index (χ1n) is 8.80. The maximum absolute atomic E-state index is 6.03. The van der Waals surface area contributed by atoms with E-state index in [1.165, 1.54) is 0 Å². The molecule has 0 bridgehead atoms. The summed E-state index contributed by atoms with van der Waals surface area (Å²) in [5, 5.41) is 5.17. The van der Waals surface area contributed by atoms with E-state index in [0.29, 0.717) is 18.1 Å². The van der Waals surface area contributed by atoms with Crippen LogP contribution in [0.1, 0.15) is 24.9 Å². The molecule has 5 nitrogen and oxygen atoms in total. The van der Waals surface area contributed by atoms with E-state index in [2.05, 4.69) is 14.7 Å². The third-order valence-corrected chi connectivity index (χ3v) is 4.87. The van der Waals surface area contributed by atoms with Crippen molar-refractivity contribution < 1.29 is 9.57 Å². The zero-order valence-corrected chi connectivity index (χ0v) is 15.7. The number of aromatic nitrogens is 2. The van der Waals surface area contributed by atoms with Gasteiger partial charge in [-0.3, -0.25) is 0 Å². The summed E-state index contributed by atoms with van der Waals surface area (Å²) in [5.41, 5.74) is 1.27. The molecular formula is C21H20ClN3O2. The highest BCUT2D eigenvalue weighted by Gasteiger charge is 2.39. The number of benzene rings is 2. The number of para-hydroxylation sites is 1. The third-order valence-electron chi connectivity index (χ3n) is 4.62. The van der Waals surface area contributed by atoms with Crippen LogP contribution in [0.25, 0.3) is 0 Å². The average molecular weight is 382 g/mol. The SMILES string of the molecule is CC1(COc2ccccc2)CC(n2ccnc2)C(c2ccc(Cl)cc2)=NO1. The van der Waals surface area contributed by atoms with Gasteiger partial charge in [-0.1, -0.05) is 47.1 Å². The van der Waals surface area contributed by atoms with Crippen molar-refractivity contribution in [2.45, 2.75) is 25.0 Å². The summed E-state index contributed by atoms with van der Waals surface area (Å²) >= 11 is 6.03. The van der Waals surface area contributed by atoms with Crippen molar-refractivity contribution in [1.82, 2.24) is 9.55 Å². The lowest BCUT2D eigenvalue weighted by Gasteiger charge is -2.36. The van der Waals surface area contributed by atoms with E-state index in [1.54, 1.807) is 12.5 Å². The highest BCUT2D eigenvalue weighted by atomic mass is 35.5. The van der Waals surface area contributed by atoms with Gasteiger partial charge in [0.05, 0.1) is 12.4 Å². The van der Waals surface area contributed by atoms with Crippen LogP contribution in [-0.4, -0.2) is 27.5 Å². The molecular weight excluding hydrogens is 362 g/mol.